The lowest BCUT2D eigenvalue weighted by atomic mass is 10.3. The lowest BCUT2D eigenvalue weighted by molar-refractivity contribution is 0.419. The fourth-order valence-corrected chi connectivity index (χ4v) is 2.03. The number of para-hydroxylation sites is 1. The Morgan fingerprint density at radius 2 is 1.89 bits per heavy atom. The second-order valence-corrected chi connectivity index (χ2v) is 5.25. The number of rotatable bonds is 7. The van der Waals surface area contributed by atoms with Gasteiger partial charge in [0.15, 0.2) is 0 Å². The summed E-state index contributed by atoms with van der Waals surface area (Å²) in [6, 6.07) is 9.18. The Balaban J connectivity index is 2.57. The van der Waals surface area contributed by atoms with Crippen LogP contribution in [0.4, 0.5) is 0 Å². The fourth-order valence-electron chi connectivity index (χ4n) is 1.42. The first-order chi connectivity index (χ1) is 9.17. The zero-order chi connectivity index (χ0) is 14.1. The maximum absolute atomic E-state index is 11.9. The van der Waals surface area contributed by atoms with E-state index in [2.05, 4.69) is 18.7 Å². The van der Waals surface area contributed by atoms with E-state index in [1.165, 1.54) is 0 Å². The van der Waals surface area contributed by atoms with Crippen molar-refractivity contribution in [3.05, 3.63) is 53.6 Å². The van der Waals surface area contributed by atoms with Gasteiger partial charge in [0.25, 0.3) is 0 Å². The number of nitrogens with zero attached hydrogens (tertiary/aromatic N) is 1. The normalized spacial score (nSPS) is 13.5. The van der Waals surface area contributed by atoms with E-state index in [-0.39, 0.29) is 0 Å². The van der Waals surface area contributed by atoms with Crippen molar-refractivity contribution >= 4 is 11.1 Å². The third-order valence-electron chi connectivity index (χ3n) is 2.62. The van der Waals surface area contributed by atoms with Gasteiger partial charge in [-0.1, -0.05) is 18.2 Å². The zero-order valence-electron chi connectivity index (χ0n) is 11.7. The molecule has 0 amide bonds. The van der Waals surface area contributed by atoms with Crippen LogP contribution in [0.3, 0.4) is 0 Å². The summed E-state index contributed by atoms with van der Waals surface area (Å²) >= 11 is -1.44. The molecule has 104 valence electrons. The Morgan fingerprint density at radius 3 is 2.47 bits per heavy atom. The van der Waals surface area contributed by atoms with Gasteiger partial charge in [-0.25, -0.2) is 4.21 Å². The highest BCUT2D eigenvalue weighted by molar-refractivity contribution is 7.84. The molecule has 4 heteroatoms. The standard InChI is InChI=1S/C15H21NO2S/c1-4-16(5-2)13-9-10-14(3)19(17)18-15-11-7-6-8-12-15/h6-13H,4-5H2,1-3H3/b13-9+,14-10+. The average Bonchev–Trinajstić information content (AvgIpc) is 2.44. The van der Waals surface area contributed by atoms with Crippen molar-refractivity contribution in [1.82, 2.24) is 4.90 Å². The summed E-state index contributed by atoms with van der Waals surface area (Å²) in [5.41, 5.74) is 0. The lowest BCUT2D eigenvalue weighted by Gasteiger charge is -2.13. The predicted octanol–water partition coefficient (Wildman–Crippen LogP) is 3.49. The molecular formula is C15H21NO2S. The molecule has 0 aliphatic heterocycles. The van der Waals surface area contributed by atoms with Gasteiger partial charge < -0.3 is 9.08 Å². The van der Waals surface area contributed by atoms with Crippen molar-refractivity contribution in [2.45, 2.75) is 20.8 Å². The lowest BCUT2D eigenvalue weighted by Crippen LogP contribution is -2.14. The van der Waals surface area contributed by atoms with Gasteiger partial charge in [-0.15, -0.1) is 0 Å². The summed E-state index contributed by atoms with van der Waals surface area (Å²) in [4.78, 5) is 2.84. The Hall–Kier alpha value is -1.55. The first kappa shape index (κ1) is 15.5. The molecule has 1 aromatic carbocycles. The maximum Gasteiger partial charge on any atom is 0.236 e. The molecule has 0 N–H and O–H groups in total. The molecule has 0 aliphatic rings. The van der Waals surface area contributed by atoms with E-state index < -0.39 is 11.1 Å². The van der Waals surface area contributed by atoms with Crippen LogP contribution in [0, 0.1) is 0 Å². The molecule has 0 aromatic heterocycles. The Labute approximate surface area is 118 Å². The van der Waals surface area contributed by atoms with Crippen LogP contribution in [0.2, 0.25) is 0 Å². The molecule has 0 spiro atoms. The summed E-state index contributed by atoms with van der Waals surface area (Å²) in [5.74, 6) is 0.612. The molecule has 0 saturated carbocycles. The van der Waals surface area contributed by atoms with Crippen molar-refractivity contribution in [1.29, 1.82) is 0 Å². The van der Waals surface area contributed by atoms with Gasteiger partial charge in [-0.3, -0.25) is 0 Å². The minimum atomic E-state index is -1.44. The van der Waals surface area contributed by atoms with Gasteiger partial charge in [0.2, 0.25) is 11.1 Å². The maximum atomic E-state index is 11.9. The van der Waals surface area contributed by atoms with E-state index in [1.54, 1.807) is 19.1 Å². The molecule has 3 nitrogen and oxygen atoms in total. The molecule has 0 radical (unpaired) electrons. The first-order valence-corrected chi connectivity index (χ1v) is 7.49. The van der Waals surface area contributed by atoms with E-state index in [0.717, 1.165) is 13.1 Å². The largest absolute Gasteiger partial charge is 0.397 e. The van der Waals surface area contributed by atoms with Crippen molar-refractivity contribution in [3.8, 4) is 5.75 Å². The molecule has 1 unspecified atom stereocenters. The van der Waals surface area contributed by atoms with Crippen LogP contribution in [-0.4, -0.2) is 22.2 Å². The monoisotopic (exact) mass is 279 g/mol. The van der Waals surface area contributed by atoms with Gasteiger partial charge >= 0.3 is 0 Å². The molecule has 0 saturated heterocycles. The fraction of sp³-hybridized carbons (Fsp3) is 0.333. The van der Waals surface area contributed by atoms with Crippen LogP contribution in [0.25, 0.3) is 0 Å². The topological polar surface area (TPSA) is 29.5 Å². The molecule has 1 aromatic rings. The predicted molar refractivity (Wildman–Crippen MR) is 81.0 cm³/mol. The van der Waals surface area contributed by atoms with E-state index in [1.807, 2.05) is 36.6 Å². The minimum absolute atomic E-state index is 0.612. The SMILES string of the molecule is CCN(/C=C/C=C(\C)S(=O)Oc1ccccc1)CC. The minimum Gasteiger partial charge on any atom is -0.397 e. The Morgan fingerprint density at radius 1 is 1.26 bits per heavy atom. The average molecular weight is 279 g/mol. The number of hydrogen-bond acceptors (Lipinski definition) is 3. The summed E-state index contributed by atoms with van der Waals surface area (Å²) < 4.78 is 17.2. The summed E-state index contributed by atoms with van der Waals surface area (Å²) in [7, 11) is 0. The van der Waals surface area contributed by atoms with Gasteiger partial charge in [-0.05, 0) is 51.3 Å². The number of allylic oxidation sites excluding steroid dienone is 3. The highest BCUT2D eigenvalue weighted by Gasteiger charge is 2.03. The Kier molecular flexibility index (Phi) is 6.97. The van der Waals surface area contributed by atoms with Gasteiger partial charge in [0, 0.05) is 13.1 Å². The second-order valence-electron chi connectivity index (χ2n) is 3.97. The third kappa shape index (κ3) is 5.75. The summed E-state index contributed by atoms with van der Waals surface area (Å²) in [6.45, 7) is 7.92. The molecule has 19 heavy (non-hydrogen) atoms. The highest BCUT2D eigenvalue weighted by atomic mass is 32.2. The van der Waals surface area contributed by atoms with E-state index >= 15 is 0 Å². The van der Waals surface area contributed by atoms with E-state index in [0.29, 0.717) is 10.7 Å². The van der Waals surface area contributed by atoms with Crippen LogP contribution >= 0.6 is 0 Å². The Bertz CT molecular complexity index is 450. The molecular weight excluding hydrogens is 258 g/mol. The molecule has 0 fully saturated rings. The van der Waals surface area contributed by atoms with E-state index in [4.69, 9.17) is 4.18 Å². The molecule has 0 aliphatic carbocycles. The second kappa shape index (κ2) is 8.53. The number of hydrogen-bond donors (Lipinski definition) is 0. The summed E-state index contributed by atoms with van der Waals surface area (Å²) in [6.07, 6.45) is 5.70. The smallest absolute Gasteiger partial charge is 0.236 e. The van der Waals surface area contributed by atoms with Gasteiger partial charge in [0.05, 0.1) is 4.91 Å². The zero-order valence-corrected chi connectivity index (χ0v) is 12.5. The van der Waals surface area contributed by atoms with Crippen molar-refractivity contribution < 1.29 is 8.39 Å². The van der Waals surface area contributed by atoms with Crippen molar-refractivity contribution in [2.75, 3.05) is 13.1 Å². The van der Waals surface area contributed by atoms with Gasteiger partial charge in [-0.2, -0.15) is 0 Å². The van der Waals surface area contributed by atoms with Gasteiger partial charge in [0.1, 0.15) is 5.75 Å². The van der Waals surface area contributed by atoms with Crippen LogP contribution in [0.1, 0.15) is 20.8 Å². The van der Waals surface area contributed by atoms with Crippen LogP contribution in [0.5, 0.6) is 5.75 Å². The molecule has 1 rings (SSSR count). The number of benzene rings is 1. The van der Waals surface area contributed by atoms with Crippen LogP contribution in [0.15, 0.2) is 53.6 Å². The highest BCUT2D eigenvalue weighted by Crippen LogP contribution is 2.13. The quantitative estimate of drug-likeness (QED) is 0.716. The summed E-state index contributed by atoms with van der Waals surface area (Å²) in [5, 5.41) is 0. The van der Waals surface area contributed by atoms with Crippen LogP contribution < -0.4 is 4.18 Å². The molecule has 0 bridgehead atoms. The van der Waals surface area contributed by atoms with Crippen molar-refractivity contribution in [3.63, 3.8) is 0 Å². The van der Waals surface area contributed by atoms with Crippen molar-refractivity contribution in [2.24, 2.45) is 0 Å². The third-order valence-corrected chi connectivity index (χ3v) is 3.62. The molecule has 1 atom stereocenters. The first-order valence-electron chi connectivity index (χ1n) is 6.41. The molecule has 0 heterocycles. The van der Waals surface area contributed by atoms with E-state index in [9.17, 15) is 4.21 Å². The van der Waals surface area contributed by atoms with Crippen LogP contribution in [-0.2, 0) is 11.1 Å².